The number of fused-ring (bicyclic) bond motifs is 1. The third kappa shape index (κ3) is 4.54. The predicted octanol–water partition coefficient (Wildman–Crippen LogP) is 3.25. The number of hydrogen-bond acceptors (Lipinski definition) is 4. The van der Waals surface area contributed by atoms with E-state index in [2.05, 4.69) is 11.9 Å². The van der Waals surface area contributed by atoms with Gasteiger partial charge >= 0.3 is 5.97 Å². The summed E-state index contributed by atoms with van der Waals surface area (Å²) in [6, 6.07) is 7.61. The van der Waals surface area contributed by atoms with Gasteiger partial charge in [-0.25, -0.2) is 4.98 Å². The molecule has 1 aromatic carbocycles. The summed E-state index contributed by atoms with van der Waals surface area (Å²) >= 11 is 0. The molecular weight excluding hydrogens is 304 g/mol. The SMILES string of the molecule is C/C=C/COC(=O)CCc1nc2ccccc2n(CCCC)c1=O. The summed E-state index contributed by atoms with van der Waals surface area (Å²) in [5, 5.41) is 0. The normalized spacial score (nSPS) is 11.2. The smallest absolute Gasteiger partial charge is 0.306 e. The average molecular weight is 328 g/mol. The first-order valence-electron chi connectivity index (χ1n) is 8.42. The number of nitrogens with zero attached hydrogens (tertiary/aromatic N) is 2. The Hall–Kier alpha value is -2.43. The van der Waals surface area contributed by atoms with Crippen LogP contribution in [0.2, 0.25) is 0 Å². The van der Waals surface area contributed by atoms with Crippen molar-refractivity contribution in [3.8, 4) is 0 Å². The Balaban J connectivity index is 2.22. The first-order valence-corrected chi connectivity index (χ1v) is 8.42. The van der Waals surface area contributed by atoms with Crippen molar-refractivity contribution in [3.63, 3.8) is 0 Å². The van der Waals surface area contributed by atoms with Crippen LogP contribution in [0.1, 0.15) is 38.8 Å². The number of carbonyl (C=O) groups excluding carboxylic acids is 1. The van der Waals surface area contributed by atoms with E-state index in [4.69, 9.17) is 4.74 Å². The van der Waals surface area contributed by atoms with Gasteiger partial charge in [0.1, 0.15) is 12.3 Å². The minimum atomic E-state index is -0.317. The predicted molar refractivity (Wildman–Crippen MR) is 95.0 cm³/mol. The topological polar surface area (TPSA) is 61.2 Å². The van der Waals surface area contributed by atoms with Crippen LogP contribution in [0.5, 0.6) is 0 Å². The van der Waals surface area contributed by atoms with Crippen LogP contribution in [0.25, 0.3) is 11.0 Å². The number of allylic oxidation sites excluding steroid dienone is 1. The Morgan fingerprint density at radius 1 is 1.33 bits per heavy atom. The summed E-state index contributed by atoms with van der Waals surface area (Å²) in [5.41, 5.74) is 1.94. The molecule has 0 fully saturated rings. The number of aromatic nitrogens is 2. The van der Waals surface area contributed by atoms with Gasteiger partial charge in [-0.05, 0) is 25.5 Å². The maximum Gasteiger partial charge on any atom is 0.306 e. The maximum atomic E-state index is 12.7. The highest BCUT2D eigenvalue weighted by Crippen LogP contribution is 2.12. The van der Waals surface area contributed by atoms with E-state index in [-0.39, 0.29) is 24.6 Å². The van der Waals surface area contributed by atoms with E-state index in [1.807, 2.05) is 37.3 Å². The number of esters is 1. The molecule has 2 rings (SSSR count). The molecule has 1 aromatic heterocycles. The second-order valence-electron chi connectivity index (χ2n) is 5.61. The monoisotopic (exact) mass is 328 g/mol. The number of para-hydroxylation sites is 2. The number of aryl methyl sites for hydroxylation is 2. The van der Waals surface area contributed by atoms with Gasteiger partial charge in [-0.3, -0.25) is 9.59 Å². The lowest BCUT2D eigenvalue weighted by Gasteiger charge is -2.11. The molecule has 0 aliphatic carbocycles. The molecule has 0 bridgehead atoms. The van der Waals surface area contributed by atoms with Crippen molar-refractivity contribution in [2.75, 3.05) is 6.61 Å². The van der Waals surface area contributed by atoms with Crippen molar-refractivity contribution in [2.24, 2.45) is 0 Å². The van der Waals surface area contributed by atoms with Crippen molar-refractivity contribution in [1.82, 2.24) is 9.55 Å². The van der Waals surface area contributed by atoms with Gasteiger partial charge in [-0.1, -0.05) is 37.6 Å². The van der Waals surface area contributed by atoms with E-state index in [0.717, 1.165) is 23.9 Å². The second kappa shape index (κ2) is 9.01. The largest absolute Gasteiger partial charge is 0.461 e. The van der Waals surface area contributed by atoms with Gasteiger partial charge in [0.05, 0.1) is 17.5 Å². The number of unbranched alkanes of at least 4 members (excludes halogenated alkanes) is 1. The maximum absolute atomic E-state index is 12.7. The van der Waals surface area contributed by atoms with Gasteiger partial charge in [0.25, 0.3) is 5.56 Å². The van der Waals surface area contributed by atoms with Crippen LogP contribution in [-0.2, 0) is 22.5 Å². The van der Waals surface area contributed by atoms with E-state index in [1.165, 1.54) is 0 Å². The number of rotatable bonds is 8. The van der Waals surface area contributed by atoms with Crippen LogP contribution in [-0.4, -0.2) is 22.1 Å². The van der Waals surface area contributed by atoms with Crippen molar-refractivity contribution < 1.29 is 9.53 Å². The van der Waals surface area contributed by atoms with E-state index in [1.54, 1.807) is 10.6 Å². The number of hydrogen-bond donors (Lipinski definition) is 0. The quantitative estimate of drug-likeness (QED) is 0.551. The van der Waals surface area contributed by atoms with Gasteiger partial charge in [0.2, 0.25) is 0 Å². The molecule has 0 aliphatic heterocycles. The third-order valence-corrected chi connectivity index (χ3v) is 3.80. The first kappa shape index (κ1) is 17.9. The molecule has 0 radical (unpaired) electrons. The zero-order valence-corrected chi connectivity index (χ0v) is 14.3. The average Bonchev–Trinajstić information content (AvgIpc) is 2.59. The fourth-order valence-electron chi connectivity index (χ4n) is 2.48. The molecule has 0 amide bonds. The fourth-order valence-corrected chi connectivity index (χ4v) is 2.48. The summed E-state index contributed by atoms with van der Waals surface area (Å²) < 4.78 is 6.83. The Bertz CT molecular complexity index is 778. The molecule has 0 saturated heterocycles. The molecule has 1 heterocycles. The molecular formula is C19H24N2O3. The summed E-state index contributed by atoms with van der Waals surface area (Å²) in [5.74, 6) is -0.317. The number of benzene rings is 1. The van der Waals surface area contributed by atoms with Crippen molar-refractivity contribution in [3.05, 3.63) is 52.5 Å². The summed E-state index contributed by atoms with van der Waals surface area (Å²) in [7, 11) is 0. The number of carbonyl (C=O) groups is 1. The van der Waals surface area contributed by atoms with Crippen LogP contribution in [0.15, 0.2) is 41.2 Å². The fraction of sp³-hybridized carbons (Fsp3) is 0.421. The lowest BCUT2D eigenvalue weighted by atomic mass is 10.2. The van der Waals surface area contributed by atoms with Gasteiger partial charge in [-0.15, -0.1) is 0 Å². The standard InChI is InChI=1S/C19H24N2O3/c1-3-5-13-21-17-10-8-7-9-15(17)20-16(19(21)23)11-12-18(22)24-14-6-4-2/h4,6-10H,3,5,11-14H2,1-2H3/b6-4+. The highest BCUT2D eigenvalue weighted by molar-refractivity contribution is 5.75. The minimum absolute atomic E-state index is 0.108. The summed E-state index contributed by atoms with van der Waals surface area (Å²) in [4.78, 5) is 28.9. The second-order valence-corrected chi connectivity index (χ2v) is 5.61. The highest BCUT2D eigenvalue weighted by Gasteiger charge is 2.12. The zero-order valence-electron chi connectivity index (χ0n) is 14.3. The molecule has 24 heavy (non-hydrogen) atoms. The Kier molecular flexibility index (Phi) is 6.73. The molecule has 0 N–H and O–H groups in total. The molecule has 0 unspecified atom stereocenters. The Labute approximate surface area is 142 Å². The summed E-state index contributed by atoms with van der Waals surface area (Å²) in [6.07, 6.45) is 5.99. The molecule has 5 heteroatoms. The Morgan fingerprint density at radius 3 is 2.88 bits per heavy atom. The van der Waals surface area contributed by atoms with Crippen molar-refractivity contribution >= 4 is 17.0 Å². The molecule has 0 spiro atoms. The summed E-state index contributed by atoms with van der Waals surface area (Å²) in [6.45, 7) is 4.89. The molecule has 128 valence electrons. The molecule has 0 saturated carbocycles. The lowest BCUT2D eigenvalue weighted by molar-refractivity contribution is -0.142. The van der Waals surface area contributed by atoms with Gasteiger partial charge in [-0.2, -0.15) is 0 Å². The molecule has 0 aliphatic rings. The van der Waals surface area contributed by atoms with Crippen LogP contribution < -0.4 is 5.56 Å². The van der Waals surface area contributed by atoms with Crippen LogP contribution in [0, 0.1) is 0 Å². The molecule has 2 aromatic rings. The lowest BCUT2D eigenvalue weighted by Crippen LogP contribution is -2.26. The van der Waals surface area contributed by atoms with E-state index in [0.29, 0.717) is 18.7 Å². The van der Waals surface area contributed by atoms with Gasteiger partial charge < -0.3 is 9.30 Å². The number of ether oxygens (including phenoxy) is 1. The Morgan fingerprint density at radius 2 is 2.12 bits per heavy atom. The van der Waals surface area contributed by atoms with E-state index in [9.17, 15) is 9.59 Å². The molecule has 0 atom stereocenters. The van der Waals surface area contributed by atoms with E-state index < -0.39 is 0 Å². The van der Waals surface area contributed by atoms with Gasteiger partial charge in [0.15, 0.2) is 0 Å². The van der Waals surface area contributed by atoms with Crippen LogP contribution in [0.4, 0.5) is 0 Å². The zero-order chi connectivity index (χ0) is 17.4. The molecule has 5 nitrogen and oxygen atoms in total. The van der Waals surface area contributed by atoms with Crippen molar-refractivity contribution in [2.45, 2.75) is 46.1 Å². The minimum Gasteiger partial charge on any atom is -0.461 e. The highest BCUT2D eigenvalue weighted by atomic mass is 16.5. The van der Waals surface area contributed by atoms with Crippen LogP contribution in [0.3, 0.4) is 0 Å². The first-order chi connectivity index (χ1) is 11.7. The van der Waals surface area contributed by atoms with Crippen LogP contribution >= 0.6 is 0 Å². The van der Waals surface area contributed by atoms with Gasteiger partial charge in [0, 0.05) is 13.0 Å². The third-order valence-electron chi connectivity index (χ3n) is 3.80. The van der Waals surface area contributed by atoms with E-state index >= 15 is 0 Å². The van der Waals surface area contributed by atoms with Crippen molar-refractivity contribution in [1.29, 1.82) is 0 Å².